The molecule has 0 radical (unpaired) electrons. The molecule has 0 aliphatic carbocycles. The summed E-state index contributed by atoms with van der Waals surface area (Å²) < 4.78 is 124. The van der Waals surface area contributed by atoms with Crippen molar-refractivity contribution in [2.24, 2.45) is 0 Å². The lowest BCUT2D eigenvalue weighted by molar-refractivity contribution is -0.138. The second-order valence-corrected chi connectivity index (χ2v) is 22.5. The molecule has 4 aromatic rings. The summed E-state index contributed by atoms with van der Waals surface area (Å²) in [6.07, 6.45) is 17.0. The second kappa shape index (κ2) is 54.0. The molecule has 0 spiro atoms. The van der Waals surface area contributed by atoms with Crippen molar-refractivity contribution < 1.29 is 98.9 Å². The molecule has 530 valence electrons. The highest BCUT2D eigenvalue weighted by molar-refractivity contribution is 5.81. The highest BCUT2D eigenvalue weighted by Crippen LogP contribution is 2.29. The van der Waals surface area contributed by atoms with E-state index in [9.17, 15) is 18.4 Å². The topological polar surface area (TPSA) is 191 Å². The number of esters is 2. The lowest BCUT2D eigenvalue weighted by Crippen LogP contribution is -2.29. The Morgan fingerprint density at radius 1 is 0.358 bits per heavy atom. The van der Waals surface area contributed by atoms with Crippen LogP contribution < -0.4 is 18.9 Å². The number of unbranched alkanes of at least 4 members (excludes halogenated alkanes) is 12. The van der Waals surface area contributed by atoms with E-state index in [1.54, 1.807) is 12.1 Å². The van der Waals surface area contributed by atoms with Gasteiger partial charge in [0.2, 0.25) is 0 Å². The third-order valence-electron chi connectivity index (χ3n) is 14.8. The van der Waals surface area contributed by atoms with Gasteiger partial charge in [0.1, 0.15) is 23.7 Å². The predicted molar refractivity (Wildman–Crippen MR) is 359 cm³/mol. The van der Waals surface area contributed by atoms with Gasteiger partial charge >= 0.3 is 11.9 Å². The van der Waals surface area contributed by atoms with Gasteiger partial charge in [-0.3, -0.25) is 0 Å². The average Bonchev–Trinajstić information content (AvgIpc) is 1.06. The van der Waals surface area contributed by atoms with Gasteiger partial charge in [-0.05, 0) is 161 Å². The quantitative estimate of drug-likeness (QED) is 0.0232. The maximum atomic E-state index is 14.7. The van der Waals surface area contributed by atoms with Crippen LogP contribution >= 0.6 is 0 Å². The fourth-order valence-electron chi connectivity index (χ4n) is 9.52. The fourth-order valence-corrected chi connectivity index (χ4v) is 9.52. The molecule has 2 aliphatic rings. The highest BCUT2D eigenvalue weighted by Gasteiger charge is 2.14. The first-order chi connectivity index (χ1) is 46.8. The van der Waals surface area contributed by atoms with Gasteiger partial charge in [0, 0.05) is 25.4 Å². The molecule has 2 saturated heterocycles. The van der Waals surface area contributed by atoms with Gasteiger partial charge < -0.3 is 80.5 Å². The van der Waals surface area contributed by atoms with Crippen LogP contribution in [0.1, 0.15) is 103 Å². The van der Waals surface area contributed by atoms with Crippen LogP contribution in [0.4, 0.5) is 8.78 Å². The normalized spacial score (nSPS) is 16.4. The summed E-state index contributed by atoms with van der Waals surface area (Å²) in [6, 6.07) is 25.5. The largest absolute Gasteiger partial charge is 0.494 e. The number of halogens is 2. The van der Waals surface area contributed by atoms with Crippen LogP contribution in [-0.4, -0.2) is 196 Å². The molecule has 0 bridgehead atoms. The van der Waals surface area contributed by atoms with Gasteiger partial charge in [-0.25, -0.2) is 18.4 Å². The Morgan fingerprint density at radius 3 is 0.989 bits per heavy atom. The van der Waals surface area contributed by atoms with Crippen LogP contribution in [0.15, 0.2) is 110 Å². The Kier molecular flexibility index (Phi) is 45.2. The Balaban J connectivity index is 0.000000345. The lowest BCUT2D eigenvalue weighted by atomic mass is 10.1. The standard InChI is InChI=1S/C38H55FO10.C36H51FO9/c1-2-38(40)49-20-10-6-5-9-19-48-37-16-13-33(29-36(37)39)32-11-14-34(15-12-32)46-18-8-4-3-7-17-44-30-35-31-45-26-25-42-22-21-41-23-24-43-27-28-47-35;1-2-36(38)46-20-10-6-5-9-19-45-35-16-13-31(27-34(35)37)30-11-14-32(15-12-30)43-18-8-4-3-7-17-41-28-33-29-42-24-23-39-21-22-40-25-26-44-33/h2,11-16,29,35H,1,3-10,17-28,30-31H2;2,11-16,27,33H,1,3-10,17-26,28-29H2. The van der Waals surface area contributed by atoms with Crippen LogP contribution in [-0.2, 0) is 71.2 Å². The van der Waals surface area contributed by atoms with E-state index >= 15 is 0 Å². The SMILES string of the molecule is C=CC(=O)OCCCCCCOc1ccc(-c2ccc(OCCCCCCOCC3COCCOCCOCCO3)cc2)cc1F.C=CC(=O)OCCCCCCOc1ccc(-c2ccc(OCCCCCCOCC3COCCOCCOCCOCCO3)cc2)cc1F. The Bertz CT molecular complexity index is 2570. The summed E-state index contributed by atoms with van der Waals surface area (Å²) in [5, 5.41) is 0. The maximum absolute atomic E-state index is 14.7. The number of hydrogen-bond acceptors (Lipinski definition) is 19. The van der Waals surface area contributed by atoms with Gasteiger partial charge in [0.25, 0.3) is 0 Å². The summed E-state index contributed by atoms with van der Waals surface area (Å²) in [6.45, 7) is 20.5. The van der Waals surface area contributed by atoms with Gasteiger partial charge in [-0.1, -0.05) is 62.4 Å². The van der Waals surface area contributed by atoms with Gasteiger partial charge in [0.05, 0.1) is 159 Å². The molecule has 2 heterocycles. The van der Waals surface area contributed by atoms with Crippen LogP contribution in [0.25, 0.3) is 22.3 Å². The molecule has 4 aromatic carbocycles. The first-order valence-corrected chi connectivity index (χ1v) is 34.1. The Morgan fingerprint density at radius 2 is 0.653 bits per heavy atom. The van der Waals surface area contributed by atoms with Crippen molar-refractivity contribution in [3.05, 3.63) is 122 Å². The molecule has 0 saturated carbocycles. The molecule has 19 nitrogen and oxygen atoms in total. The summed E-state index contributed by atoms with van der Waals surface area (Å²) in [5.74, 6) is 0.496. The molecule has 0 aromatic heterocycles. The van der Waals surface area contributed by atoms with Crippen LogP contribution in [0.5, 0.6) is 23.0 Å². The van der Waals surface area contributed by atoms with E-state index in [0.29, 0.717) is 172 Å². The molecule has 0 N–H and O–H groups in total. The molecular weight excluding hydrogens is 1230 g/mol. The van der Waals surface area contributed by atoms with Crippen molar-refractivity contribution >= 4 is 11.9 Å². The van der Waals surface area contributed by atoms with Crippen molar-refractivity contribution in [1.29, 1.82) is 0 Å². The number of carbonyl (C=O) groups is 2. The second-order valence-electron chi connectivity index (χ2n) is 22.5. The van der Waals surface area contributed by atoms with E-state index < -0.39 is 11.9 Å². The fraction of sp³-hybridized carbons (Fsp3) is 0.595. The predicted octanol–water partition coefficient (Wildman–Crippen LogP) is 13.1. The molecule has 6 rings (SSSR count). The molecule has 2 fully saturated rings. The smallest absolute Gasteiger partial charge is 0.330 e. The van der Waals surface area contributed by atoms with Crippen molar-refractivity contribution in [1.82, 2.24) is 0 Å². The molecule has 95 heavy (non-hydrogen) atoms. The Labute approximate surface area is 562 Å². The summed E-state index contributed by atoms with van der Waals surface area (Å²) in [4.78, 5) is 22.0. The molecule has 2 atom stereocenters. The minimum Gasteiger partial charge on any atom is -0.494 e. The minimum atomic E-state index is -0.404. The van der Waals surface area contributed by atoms with E-state index in [1.165, 1.54) is 12.1 Å². The molecule has 2 aliphatic heterocycles. The van der Waals surface area contributed by atoms with Crippen LogP contribution in [0, 0.1) is 11.6 Å². The molecule has 21 heteroatoms. The molecule has 2 unspecified atom stereocenters. The third-order valence-corrected chi connectivity index (χ3v) is 14.8. The lowest BCUT2D eigenvalue weighted by Gasteiger charge is -2.19. The summed E-state index contributed by atoms with van der Waals surface area (Å²) >= 11 is 0. The van der Waals surface area contributed by atoms with Crippen molar-refractivity contribution in [3.8, 4) is 45.3 Å². The molecular formula is C74H106F2O19. The van der Waals surface area contributed by atoms with Crippen molar-refractivity contribution in [3.63, 3.8) is 0 Å². The first kappa shape index (κ1) is 79.6. The monoisotopic (exact) mass is 1340 g/mol. The summed E-state index contributed by atoms with van der Waals surface area (Å²) in [5.41, 5.74) is 3.37. The van der Waals surface area contributed by atoms with E-state index in [2.05, 4.69) is 13.2 Å². The van der Waals surface area contributed by atoms with Gasteiger partial charge in [-0.2, -0.15) is 0 Å². The average molecular weight is 1340 g/mol. The number of benzene rings is 4. The van der Waals surface area contributed by atoms with Gasteiger partial charge in [-0.15, -0.1) is 0 Å². The van der Waals surface area contributed by atoms with E-state index in [0.717, 1.165) is 149 Å². The zero-order valence-corrected chi connectivity index (χ0v) is 56.0. The maximum Gasteiger partial charge on any atom is 0.330 e. The zero-order chi connectivity index (χ0) is 67.1. The van der Waals surface area contributed by atoms with E-state index in [1.807, 2.05) is 60.7 Å². The number of ether oxygens (including phenoxy) is 17. The zero-order valence-electron chi connectivity index (χ0n) is 56.0. The van der Waals surface area contributed by atoms with Crippen LogP contribution in [0.2, 0.25) is 0 Å². The van der Waals surface area contributed by atoms with Crippen molar-refractivity contribution in [2.75, 3.05) is 172 Å². The van der Waals surface area contributed by atoms with E-state index in [4.69, 9.17) is 80.5 Å². The minimum absolute atomic E-state index is 0.101. The first-order valence-electron chi connectivity index (χ1n) is 34.1. The Hall–Kier alpha value is -6.08. The number of hydrogen-bond donors (Lipinski definition) is 0. The number of carbonyl (C=O) groups excluding carboxylic acids is 2. The van der Waals surface area contributed by atoms with Gasteiger partial charge in [0.15, 0.2) is 23.1 Å². The van der Waals surface area contributed by atoms with Crippen LogP contribution in [0.3, 0.4) is 0 Å². The number of rotatable bonds is 40. The van der Waals surface area contributed by atoms with E-state index in [-0.39, 0.29) is 35.3 Å². The summed E-state index contributed by atoms with van der Waals surface area (Å²) in [7, 11) is 0. The van der Waals surface area contributed by atoms with Crippen molar-refractivity contribution in [2.45, 2.75) is 115 Å². The molecule has 0 amide bonds. The highest BCUT2D eigenvalue weighted by atomic mass is 19.1. The third kappa shape index (κ3) is 39.1.